The summed E-state index contributed by atoms with van der Waals surface area (Å²) in [5.41, 5.74) is 1.77. The van der Waals surface area contributed by atoms with Gasteiger partial charge in [0.1, 0.15) is 5.60 Å². The number of anilines is 1. The summed E-state index contributed by atoms with van der Waals surface area (Å²) in [5.74, 6) is 0. The maximum Gasteiger partial charge on any atom is 0.410 e. The Morgan fingerprint density at radius 3 is 2.54 bits per heavy atom. The lowest BCUT2D eigenvalue weighted by Crippen LogP contribution is -2.80. The minimum absolute atomic E-state index is 0.204. The van der Waals surface area contributed by atoms with E-state index >= 15 is 0 Å². The van der Waals surface area contributed by atoms with E-state index < -0.39 is 5.60 Å². The van der Waals surface area contributed by atoms with Crippen LogP contribution in [0.25, 0.3) is 0 Å². The zero-order valence-electron chi connectivity index (χ0n) is 14.4. The Morgan fingerprint density at radius 2 is 1.92 bits per heavy atom. The minimum Gasteiger partial charge on any atom is -0.444 e. The summed E-state index contributed by atoms with van der Waals surface area (Å²) in [6.07, 6.45) is -0.452. The van der Waals surface area contributed by atoms with Gasteiger partial charge in [-0.25, -0.2) is 4.79 Å². The van der Waals surface area contributed by atoms with Crippen LogP contribution < -0.4 is 4.90 Å². The molecule has 0 aliphatic carbocycles. The van der Waals surface area contributed by atoms with Gasteiger partial charge in [0.15, 0.2) is 6.29 Å². The third kappa shape index (κ3) is 2.74. The van der Waals surface area contributed by atoms with Crippen molar-refractivity contribution >= 4 is 11.8 Å². The molecule has 3 aliphatic rings. The summed E-state index contributed by atoms with van der Waals surface area (Å²) in [6.45, 7) is 8.55. The van der Waals surface area contributed by atoms with Crippen LogP contribution in [0.3, 0.4) is 0 Å². The van der Waals surface area contributed by atoms with Gasteiger partial charge in [0.2, 0.25) is 0 Å². The Labute approximate surface area is 142 Å². The number of hydrogen-bond donors (Lipinski definition) is 0. The molecule has 2 atom stereocenters. The Hall–Kier alpha value is -1.79. The SMILES string of the molecule is CC(C)(C)OC(=O)N1C[C@@H]2C1CN2c1cccc(C2OCCO2)c1. The quantitative estimate of drug-likeness (QED) is 0.833. The largest absolute Gasteiger partial charge is 0.444 e. The molecule has 130 valence electrons. The highest BCUT2D eigenvalue weighted by Crippen LogP contribution is 2.39. The van der Waals surface area contributed by atoms with Gasteiger partial charge in [-0.1, -0.05) is 12.1 Å². The number of carbonyl (C=O) groups is 1. The second-order valence-corrected chi connectivity index (χ2v) is 7.59. The number of benzene rings is 1. The van der Waals surface area contributed by atoms with Gasteiger partial charge in [-0.3, -0.25) is 4.90 Å². The molecule has 0 N–H and O–H groups in total. The maximum atomic E-state index is 12.2. The smallest absolute Gasteiger partial charge is 0.410 e. The summed E-state index contributed by atoms with van der Waals surface area (Å²) in [4.78, 5) is 16.3. The van der Waals surface area contributed by atoms with Crippen LogP contribution >= 0.6 is 0 Å². The minimum atomic E-state index is -0.443. The predicted molar refractivity (Wildman–Crippen MR) is 88.9 cm³/mol. The van der Waals surface area contributed by atoms with Crippen molar-refractivity contribution in [2.45, 2.75) is 44.7 Å². The number of likely N-dealkylation sites (tertiary alicyclic amines) is 1. The molecule has 1 unspecified atom stereocenters. The van der Waals surface area contributed by atoms with Gasteiger partial charge in [0.25, 0.3) is 0 Å². The van der Waals surface area contributed by atoms with E-state index in [4.69, 9.17) is 14.2 Å². The second-order valence-electron chi connectivity index (χ2n) is 7.59. The molecule has 0 radical (unpaired) electrons. The molecule has 0 bridgehead atoms. The van der Waals surface area contributed by atoms with Gasteiger partial charge < -0.3 is 19.1 Å². The van der Waals surface area contributed by atoms with Gasteiger partial charge in [-0.15, -0.1) is 0 Å². The highest BCUT2D eigenvalue weighted by molar-refractivity contribution is 5.72. The van der Waals surface area contributed by atoms with Gasteiger partial charge >= 0.3 is 6.09 Å². The van der Waals surface area contributed by atoms with Crippen molar-refractivity contribution in [3.05, 3.63) is 29.8 Å². The monoisotopic (exact) mass is 332 g/mol. The molecule has 24 heavy (non-hydrogen) atoms. The van der Waals surface area contributed by atoms with E-state index in [1.165, 1.54) is 0 Å². The summed E-state index contributed by atoms with van der Waals surface area (Å²) in [6, 6.07) is 8.95. The summed E-state index contributed by atoms with van der Waals surface area (Å²) < 4.78 is 16.6. The molecule has 0 spiro atoms. The van der Waals surface area contributed by atoms with Crippen molar-refractivity contribution in [2.24, 2.45) is 0 Å². The highest BCUT2D eigenvalue weighted by atomic mass is 16.7. The number of fused-ring (bicyclic) bond motifs is 1. The van der Waals surface area contributed by atoms with Crippen molar-refractivity contribution in [3.63, 3.8) is 0 Å². The average Bonchev–Trinajstić information content (AvgIpc) is 3.02. The van der Waals surface area contributed by atoms with Crippen molar-refractivity contribution in [3.8, 4) is 0 Å². The molecule has 4 rings (SSSR count). The maximum absolute atomic E-state index is 12.2. The van der Waals surface area contributed by atoms with Gasteiger partial charge in [0, 0.05) is 24.3 Å². The zero-order valence-corrected chi connectivity index (χ0v) is 14.4. The fraction of sp³-hybridized carbons (Fsp3) is 0.611. The zero-order chi connectivity index (χ0) is 16.9. The molecule has 3 aliphatic heterocycles. The van der Waals surface area contributed by atoms with E-state index in [1.54, 1.807) is 0 Å². The molecule has 1 aromatic carbocycles. The third-order valence-electron chi connectivity index (χ3n) is 4.74. The van der Waals surface area contributed by atoms with Crippen molar-refractivity contribution in [1.82, 2.24) is 4.90 Å². The van der Waals surface area contributed by atoms with Crippen molar-refractivity contribution < 1.29 is 19.0 Å². The predicted octanol–water partition coefficient (Wildman–Crippen LogP) is 2.54. The van der Waals surface area contributed by atoms with Crippen LogP contribution in [0.15, 0.2) is 24.3 Å². The normalized spacial score (nSPS) is 26.6. The van der Waals surface area contributed by atoms with E-state index in [0.29, 0.717) is 19.3 Å². The first-order chi connectivity index (χ1) is 11.4. The average molecular weight is 332 g/mol. The summed E-state index contributed by atoms with van der Waals surface area (Å²) in [5, 5.41) is 0. The van der Waals surface area contributed by atoms with Crippen LogP contribution in [0.4, 0.5) is 10.5 Å². The Bertz CT molecular complexity index is 636. The van der Waals surface area contributed by atoms with Crippen LogP contribution in [-0.4, -0.2) is 55.0 Å². The van der Waals surface area contributed by atoms with E-state index in [1.807, 2.05) is 37.8 Å². The van der Waals surface area contributed by atoms with Gasteiger partial charge in [0.05, 0.1) is 25.3 Å². The molecule has 3 heterocycles. The first-order valence-corrected chi connectivity index (χ1v) is 8.52. The number of nitrogens with zero attached hydrogens (tertiary/aromatic N) is 2. The van der Waals surface area contributed by atoms with Crippen LogP contribution in [-0.2, 0) is 14.2 Å². The van der Waals surface area contributed by atoms with Crippen LogP contribution in [0.1, 0.15) is 32.6 Å². The summed E-state index contributed by atoms with van der Waals surface area (Å²) in [7, 11) is 0. The van der Waals surface area contributed by atoms with E-state index in [9.17, 15) is 4.79 Å². The van der Waals surface area contributed by atoms with Crippen molar-refractivity contribution in [1.29, 1.82) is 0 Å². The van der Waals surface area contributed by atoms with Gasteiger partial charge in [-0.05, 0) is 32.9 Å². The number of piperazine rings is 1. The van der Waals surface area contributed by atoms with E-state index in [0.717, 1.165) is 24.3 Å². The Kier molecular flexibility index (Phi) is 3.69. The highest BCUT2D eigenvalue weighted by Gasteiger charge is 2.54. The lowest BCUT2D eigenvalue weighted by atomic mass is 9.85. The molecular formula is C18H24N2O4. The fourth-order valence-corrected chi connectivity index (χ4v) is 3.48. The van der Waals surface area contributed by atoms with E-state index in [2.05, 4.69) is 17.0 Å². The fourth-order valence-electron chi connectivity index (χ4n) is 3.48. The second kappa shape index (κ2) is 5.63. The van der Waals surface area contributed by atoms with Crippen LogP contribution in [0, 0.1) is 0 Å². The Morgan fingerprint density at radius 1 is 1.17 bits per heavy atom. The molecule has 3 saturated heterocycles. The molecule has 1 aromatic rings. The third-order valence-corrected chi connectivity index (χ3v) is 4.74. The first-order valence-electron chi connectivity index (χ1n) is 8.52. The van der Waals surface area contributed by atoms with Crippen LogP contribution in [0.5, 0.6) is 0 Å². The van der Waals surface area contributed by atoms with Crippen LogP contribution in [0.2, 0.25) is 0 Å². The first kappa shape index (κ1) is 15.7. The lowest BCUT2D eigenvalue weighted by Gasteiger charge is -2.62. The molecule has 3 fully saturated rings. The molecule has 6 nitrogen and oxygen atoms in total. The molecular weight excluding hydrogens is 308 g/mol. The lowest BCUT2D eigenvalue weighted by molar-refractivity contribution is -0.0441. The number of carbonyl (C=O) groups excluding carboxylic acids is 1. The van der Waals surface area contributed by atoms with Crippen molar-refractivity contribution in [2.75, 3.05) is 31.2 Å². The molecule has 6 heteroatoms. The number of ether oxygens (including phenoxy) is 3. The van der Waals surface area contributed by atoms with Gasteiger partial charge in [-0.2, -0.15) is 0 Å². The number of hydrogen-bond acceptors (Lipinski definition) is 5. The molecule has 0 aromatic heterocycles. The topological polar surface area (TPSA) is 51.2 Å². The van der Waals surface area contributed by atoms with E-state index in [-0.39, 0.29) is 18.4 Å². The summed E-state index contributed by atoms with van der Waals surface area (Å²) >= 11 is 0. The number of rotatable bonds is 2. The molecule has 0 saturated carbocycles. The Balaban J connectivity index is 1.38. The molecule has 1 amide bonds. The number of amides is 1. The standard InChI is InChI=1S/C18H24N2O4/c1-18(2,3)24-17(21)20-11-14-15(20)10-19(14)13-6-4-5-12(9-13)16-22-7-8-23-16/h4-6,9,14-16H,7-8,10-11H2,1-3H3/t14-,15?/m1/s1.